The molecule has 3 heterocycles. The first kappa shape index (κ1) is 23.6. The predicted molar refractivity (Wildman–Crippen MR) is 135 cm³/mol. The number of nitrogens with zero attached hydrogens (tertiary/aromatic N) is 4. The van der Waals surface area contributed by atoms with Crippen LogP contribution in [0.1, 0.15) is 40.4 Å². The minimum Gasteiger partial charge on any atom is -0.489 e. The van der Waals surface area contributed by atoms with E-state index in [1.165, 1.54) is 17.7 Å². The Balaban J connectivity index is 1.23. The van der Waals surface area contributed by atoms with Crippen molar-refractivity contribution in [3.05, 3.63) is 71.3 Å². The number of likely N-dealkylation sites (N-methyl/N-ethyl adjacent to an activating group) is 1. The quantitative estimate of drug-likeness (QED) is 0.537. The monoisotopic (exact) mass is 484 g/mol. The topological polar surface area (TPSA) is 103 Å². The fourth-order valence-electron chi connectivity index (χ4n) is 4.36. The largest absolute Gasteiger partial charge is 0.489 e. The summed E-state index contributed by atoms with van der Waals surface area (Å²) >= 11 is 0. The van der Waals surface area contributed by atoms with Crippen molar-refractivity contribution in [2.24, 2.45) is 0 Å². The van der Waals surface area contributed by atoms with Gasteiger partial charge < -0.3 is 15.0 Å². The number of fused-ring (bicyclic) bond motifs is 1. The number of carbonyl (C=O) groups is 2. The molecule has 0 bridgehead atoms. The summed E-state index contributed by atoms with van der Waals surface area (Å²) in [6.45, 7) is 2.94. The van der Waals surface area contributed by atoms with Crippen molar-refractivity contribution in [1.82, 2.24) is 25.4 Å². The first-order valence-electron chi connectivity index (χ1n) is 12.1. The minimum absolute atomic E-state index is 0.00317. The Labute approximate surface area is 209 Å². The molecule has 1 saturated heterocycles. The number of carbonyl (C=O) groups excluding carboxylic acids is 2. The van der Waals surface area contributed by atoms with E-state index in [0.29, 0.717) is 23.7 Å². The summed E-state index contributed by atoms with van der Waals surface area (Å²) in [6.07, 6.45) is 2.98. The van der Waals surface area contributed by atoms with Crippen LogP contribution in [-0.4, -0.2) is 71.2 Å². The molecule has 0 aliphatic carbocycles. The number of aromatic nitrogens is 3. The fourth-order valence-corrected chi connectivity index (χ4v) is 4.36. The van der Waals surface area contributed by atoms with Crippen molar-refractivity contribution in [3.8, 4) is 17.6 Å². The van der Waals surface area contributed by atoms with Gasteiger partial charge in [-0.3, -0.25) is 19.6 Å². The van der Waals surface area contributed by atoms with Crippen LogP contribution in [0, 0.1) is 11.8 Å². The summed E-state index contributed by atoms with van der Waals surface area (Å²) in [4.78, 5) is 34.1. The molecule has 2 amide bonds. The Bertz CT molecular complexity index is 1300. The number of benzene rings is 2. The summed E-state index contributed by atoms with van der Waals surface area (Å²) in [5.41, 5.74) is 2.48. The molecule has 9 nitrogen and oxygen atoms in total. The van der Waals surface area contributed by atoms with Crippen LogP contribution in [0.3, 0.4) is 0 Å². The first-order chi connectivity index (χ1) is 17.6. The Morgan fingerprint density at radius 1 is 1.19 bits per heavy atom. The smallest absolute Gasteiger partial charge is 0.291 e. The van der Waals surface area contributed by atoms with E-state index in [1.54, 1.807) is 7.05 Å². The maximum Gasteiger partial charge on any atom is 0.291 e. The zero-order chi connectivity index (χ0) is 24.9. The molecule has 9 heteroatoms. The number of rotatable bonds is 5. The van der Waals surface area contributed by atoms with E-state index in [4.69, 9.17) is 4.74 Å². The lowest BCUT2D eigenvalue weighted by molar-refractivity contribution is -0.120. The molecular weight excluding hydrogens is 456 g/mol. The molecule has 2 N–H and O–H groups in total. The number of amides is 2. The number of ether oxygens (including phenoxy) is 1. The highest BCUT2D eigenvalue weighted by molar-refractivity contribution is 6.02. The standard InChI is InChI=1S/C27H28N6O3/c1-32-22-16-20(10-7-15-33-13-5-6-14-33)11-12-23(22)36-18-21(27(32)35)28-26(34)25-29-24(30-31-25)17-19-8-3-2-4-9-19/h2-4,8-9,11-12,16,21H,5-6,13-15,17-18H2,1H3,(H,28,34)(H,29,30,31)/t21-/m1/s1. The van der Waals surface area contributed by atoms with E-state index >= 15 is 0 Å². The molecule has 1 aromatic heterocycles. The van der Waals surface area contributed by atoms with Gasteiger partial charge in [0.25, 0.3) is 11.8 Å². The van der Waals surface area contributed by atoms with Crippen molar-refractivity contribution in [3.63, 3.8) is 0 Å². The van der Waals surface area contributed by atoms with Gasteiger partial charge in [0.15, 0.2) is 0 Å². The number of H-pyrrole nitrogens is 1. The van der Waals surface area contributed by atoms with Crippen molar-refractivity contribution < 1.29 is 14.3 Å². The predicted octanol–water partition coefficient (Wildman–Crippen LogP) is 2.00. The third-order valence-corrected chi connectivity index (χ3v) is 6.34. The van der Waals surface area contributed by atoms with E-state index < -0.39 is 11.9 Å². The molecule has 36 heavy (non-hydrogen) atoms. The van der Waals surface area contributed by atoms with E-state index in [0.717, 1.165) is 30.8 Å². The number of likely N-dealkylation sites (tertiary alicyclic amines) is 1. The first-order valence-corrected chi connectivity index (χ1v) is 12.1. The van der Waals surface area contributed by atoms with Crippen LogP contribution < -0.4 is 15.0 Å². The van der Waals surface area contributed by atoms with Gasteiger partial charge in [-0.2, -0.15) is 0 Å². The van der Waals surface area contributed by atoms with Gasteiger partial charge in [-0.25, -0.2) is 4.98 Å². The van der Waals surface area contributed by atoms with Crippen LogP contribution in [0.5, 0.6) is 5.75 Å². The van der Waals surface area contributed by atoms with Gasteiger partial charge in [0, 0.05) is 19.0 Å². The van der Waals surface area contributed by atoms with Gasteiger partial charge in [0.1, 0.15) is 24.2 Å². The number of aromatic amines is 1. The van der Waals surface area contributed by atoms with Gasteiger partial charge in [-0.05, 0) is 49.7 Å². The van der Waals surface area contributed by atoms with E-state index in [2.05, 4.69) is 37.2 Å². The molecule has 0 spiro atoms. The Morgan fingerprint density at radius 2 is 2.00 bits per heavy atom. The second kappa shape index (κ2) is 10.6. The Kier molecular flexibility index (Phi) is 6.96. The molecule has 2 aliphatic heterocycles. The maximum atomic E-state index is 13.2. The molecule has 1 atom stereocenters. The van der Waals surface area contributed by atoms with Crippen molar-refractivity contribution in [1.29, 1.82) is 0 Å². The van der Waals surface area contributed by atoms with Crippen LogP contribution in [0.4, 0.5) is 5.69 Å². The molecule has 0 unspecified atom stereocenters. The minimum atomic E-state index is -0.879. The second-order valence-electron chi connectivity index (χ2n) is 8.97. The zero-order valence-corrected chi connectivity index (χ0v) is 20.2. The van der Waals surface area contributed by atoms with Gasteiger partial charge in [0.05, 0.1) is 12.2 Å². The van der Waals surface area contributed by atoms with Gasteiger partial charge in [-0.1, -0.05) is 42.2 Å². The summed E-state index contributed by atoms with van der Waals surface area (Å²) in [5.74, 6) is 6.69. The van der Waals surface area contributed by atoms with E-state index in [9.17, 15) is 9.59 Å². The third-order valence-electron chi connectivity index (χ3n) is 6.34. The second-order valence-corrected chi connectivity index (χ2v) is 8.97. The van der Waals surface area contributed by atoms with Crippen molar-refractivity contribution in [2.45, 2.75) is 25.3 Å². The molecular formula is C27H28N6O3. The van der Waals surface area contributed by atoms with Crippen molar-refractivity contribution in [2.75, 3.05) is 38.2 Å². The number of hydrogen-bond donors (Lipinski definition) is 2. The lowest BCUT2D eigenvalue weighted by Gasteiger charge is -2.20. The Hall–Kier alpha value is -4.16. The third kappa shape index (κ3) is 5.39. The van der Waals surface area contributed by atoms with Gasteiger partial charge in [-0.15, -0.1) is 5.10 Å². The van der Waals surface area contributed by atoms with Gasteiger partial charge in [0.2, 0.25) is 5.82 Å². The highest BCUT2D eigenvalue weighted by Crippen LogP contribution is 2.31. The number of nitrogens with one attached hydrogen (secondary N) is 2. The molecule has 3 aromatic rings. The van der Waals surface area contributed by atoms with Crippen LogP contribution in [0.2, 0.25) is 0 Å². The molecule has 0 saturated carbocycles. The highest BCUT2D eigenvalue weighted by atomic mass is 16.5. The van der Waals surface area contributed by atoms with Crippen LogP contribution in [0.15, 0.2) is 48.5 Å². The Morgan fingerprint density at radius 3 is 2.81 bits per heavy atom. The molecule has 2 aliphatic rings. The van der Waals surface area contributed by atoms with E-state index in [1.807, 2.05) is 48.5 Å². The van der Waals surface area contributed by atoms with Crippen molar-refractivity contribution >= 4 is 17.5 Å². The summed E-state index contributed by atoms with van der Waals surface area (Å²) in [6, 6.07) is 14.4. The molecule has 5 rings (SSSR count). The molecule has 2 aromatic carbocycles. The molecule has 1 fully saturated rings. The lowest BCUT2D eigenvalue weighted by atomic mass is 10.1. The molecule has 184 valence electrons. The number of anilines is 1. The number of hydrogen-bond acceptors (Lipinski definition) is 6. The highest BCUT2D eigenvalue weighted by Gasteiger charge is 2.31. The summed E-state index contributed by atoms with van der Waals surface area (Å²) in [5, 5.41) is 9.53. The average Bonchev–Trinajstić information content (AvgIpc) is 3.57. The van der Waals surface area contributed by atoms with Crippen LogP contribution >= 0.6 is 0 Å². The molecule has 0 radical (unpaired) electrons. The van der Waals surface area contributed by atoms with Gasteiger partial charge >= 0.3 is 0 Å². The average molecular weight is 485 g/mol. The lowest BCUT2D eigenvalue weighted by Crippen LogP contribution is -2.49. The summed E-state index contributed by atoms with van der Waals surface area (Å²) in [7, 11) is 1.67. The summed E-state index contributed by atoms with van der Waals surface area (Å²) < 4.78 is 5.88. The maximum absolute atomic E-state index is 13.2. The zero-order valence-electron chi connectivity index (χ0n) is 20.2. The van der Waals surface area contributed by atoms with Crippen LogP contribution in [0.25, 0.3) is 0 Å². The SMILES string of the molecule is CN1C(=O)[C@H](NC(=O)c2n[nH]c(Cc3ccccc3)n2)COc2ccc(C#CCN3CCCC3)cc21. The van der Waals surface area contributed by atoms with Crippen LogP contribution in [-0.2, 0) is 11.2 Å². The normalized spacial score (nSPS) is 17.5. The fraction of sp³-hybridized carbons (Fsp3) is 0.333. The van der Waals surface area contributed by atoms with E-state index in [-0.39, 0.29) is 18.3 Å².